The van der Waals surface area contributed by atoms with Gasteiger partial charge in [-0.05, 0) is 29.8 Å². The maximum Gasteiger partial charge on any atom is 0.269 e. The minimum atomic E-state index is -0.384. The molecule has 2 rings (SSSR count). The molecule has 0 aromatic heterocycles. The first-order chi connectivity index (χ1) is 11.1. The van der Waals surface area contributed by atoms with Crippen molar-refractivity contribution >= 4 is 5.69 Å². The molecule has 0 fully saturated rings. The van der Waals surface area contributed by atoms with Gasteiger partial charge in [0.1, 0.15) is 6.54 Å². The van der Waals surface area contributed by atoms with Gasteiger partial charge < -0.3 is 14.8 Å². The molecule has 0 atom stereocenters. The molecule has 23 heavy (non-hydrogen) atoms. The number of hydrogen-bond donors (Lipinski definition) is 1. The van der Waals surface area contributed by atoms with Gasteiger partial charge in [-0.25, -0.2) is 0 Å². The van der Waals surface area contributed by atoms with Crippen molar-refractivity contribution in [2.24, 2.45) is 0 Å². The van der Waals surface area contributed by atoms with E-state index in [1.54, 1.807) is 26.4 Å². The van der Waals surface area contributed by atoms with Crippen molar-refractivity contribution in [2.45, 2.75) is 13.0 Å². The van der Waals surface area contributed by atoms with Crippen molar-refractivity contribution < 1.29 is 19.7 Å². The van der Waals surface area contributed by atoms with E-state index in [-0.39, 0.29) is 10.6 Å². The van der Waals surface area contributed by atoms with E-state index in [1.807, 2.05) is 18.2 Å². The summed E-state index contributed by atoms with van der Waals surface area (Å²) < 4.78 is 10.5. The molecule has 0 heterocycles. The molecule has 0 saturated heterocycles. The van der Waals surface area contributed by atoms with E-state index in [1.165, 1.54) is 17.7 Å². The maximum atomic E-state index is 10.6. The molecule has 6 heteroatoms. The maximum absolute atomic E-state index is 10.6. The number of rotatable bonds is 8. The zero-order chi connectivity index (χ0) is 16.7. The van der Waals surface area contributed by atoms with Crippen LogP contribution >= 0.6 is 0 Å². The predicted molar refractivity (Wildman–Crippen MR) is 86.8 cm³/mol. The Morgan fingerprint density at radius 1 is 1.00 bits per heavy atom. The molecule has 122 valence electrons. The van der Waals surface area contributed by atoms with Gasteiger partial charge in [0.25, 0.3) is 5.69 Å². The number of non-ortho nitro benzene ring substituents is 1. The Hall–Kier alpha value is -2.60. The van der Waals surface area contributed by atoms with Crippen molar-refractivity contribution in [3.63, 3.8) is 0 Å². The zero-order valence-corrected chi connectivity index (χ0v) is 13.3. The van der Waals surface area contributed by atoms with E-state index >= 15 is 0 Å². The van der Waals surface area contributed by atoms with Gasteiger partial charge in [-0.15, -0.1) is 0 Å². The summed E-state index contributed by atoms with van der Waals surface area (Å²) in [4.78, 5) is 10.2. The summed E-state index contributed by atoms with van der Waals surface area (Å²) in [6, 6.07) is 12.6. The minimum absolute atomic E-state index is 0.124. The van der Waals surface area contributed by atoms with Gasteiger partial charge in [-0.1, -0.05) is 6.07 Å². The minimum Gasteiger partial charge on any atom is -0.493 e. The fraction of sp³-hybridized carbons (Fsp3) is 0.294. The highest BCUT2D eigenvalue weighted by atomic mass is 16.6. The average Bonchev–Trinajstić information content (AvgIpc) is 2.58. The second-order valence-corrected chi connectivity index (χ2v) is 5.14. The van der Waals surface area contributed by atoms with E-state index in [0.29, 0.717) is 0 Å². The Labute approximate surface area is 135 Å². The molecule has 0 aliphatic carbocycles. The molecule has 0 amide bonds. The third kappa shape index (κ3) is 4.69. The second kappa shape index (κ2) is 8.14. The highest BCUT2D eigenvalue weighted by molar-refractivity contribution is 5.42. The average molecular weight is 317 g/mol. The van der Waals surface area contributed by atoms with Crippen LogP contribution in [0.5, 0.6) is 11.5 Å². The van der Waals surface area contributed by atoms with Crippen molar-refractivity contribution in [1.29, 1.82) is 0 Å². The summed E-state index contributed by atoms with van der Waals surface area (Å²) in [6.45, 7) is 1.72. The predicted octanol–water partition coefficient (Wildman–Crippen LogP) is 1.92. The first-order valence-corrected chi connectivity index (χ1v) is 7.40. The topological polar surface area (TPSA) is 78.2 Å². The van der Waals surface area contributed by atoms with Crippen LogP contribution < -0.4 is 14.8 Å². The molecule has 0 saturated carbocycles. The van der Waals surface area contributed by atoms with Crippen LogP contribution in [0.3, 0.4) is 0 Å². The normalized spacial score (nSPS) is 10.3. The molecule has 0 unspecified atom stereocenters. The SMILES string of the molecule is COc1ccc(CC[NH2+]Cc2ccc([N+](=O)[O-])cc2)cc1OC. The van der Waals surface area contributed by atoms with Gasteiger partial charge in [0.2, 0.25) is 0 Å². The summed E-state index contributed by atoms with van der Waals surface area (Å²) in [6.07, 6.45) is 0.910. The summed E-state index contributed by atoms with van der Waals surface area (Å²) in [7, 11) is 3.25. The number of nitro groups is 1. The number of hydrogen-bond acceptors (Lipinski definition) is 4. The monoisotopic (exact) mass is 317 g/mol. The Kier molecular flexibility index (Phi) is 5.94. The van der Waals surface area contributed by atoms with Crippen LogP contribution in [0.25, 0.3) is 0 Å². The van der Waals surface area contributed by atoms with Crippen LogP contribution in [0.15, 0.2) is 42.5 Å². The van der Waals surface area contributed by atoms with Crippen LogP contribution in [0, 0.1) is 10.1 Å². The molecule has 2 aromatic rings. The van der Waals surface area contributed by atoms with E-state index in [9.17, 15) is 10.1 Å². The summed E-state index contributed by atoms with van der Waals surface area (Å²) >= 11 is 0. The largest absolute Gasteiger partial charge is 0.493 e. The number of methoxy groups -OCH3 is 2. The second-order valence-electron chi connectivity index (χ2n) is 5.14. The molecule has 0 radical (unpaired) electrons. The molecule has 2 N–H and O–H groups in total. The Bertz CT molecular complexity index is 656. The Balaban J connectivity index is 1.82. The van der Waals surface area contributed by atoms with Gasteiger partial charge in [0, 0.05) is 24.1 Å². The van der Waals surface area contributed by atoms with Gasteiger partial charge in [0.05, 0.1) is 25.7 Å². The molecule has 0 aliphatic heterocycles. The number of nitrogens with two attached hydrogens (primary N) is 1. The highest BCUT2D eigenvalue weighted by Crippen LogP contribution is 2.27. The molecular weight excluding hydrogens is 296 g/mol. The summed E-state index contributed by atoms with van der Waals surface area (Å²) in [5, 5.41) is 12.8. The van der Waals surface area contributed by atoms with Gasteiger partial charge in [0.15, 0.2) is 11.5 Å². The number of nitro benzene ring substituents is 1. The molecule has 0 aliphatic rings. The van der Waals surface area contributed by atoms with Crippen LogP contribution in [0.2, 0.25) is 0 Å². The Morgan fingerprint density at radius 3 is 2.26 bits per heavy atom. The van der Waals surface area contributed by atoms with Gasteiger partial charge >= 0.3 is 0 Å². The van der Waals surface area contributed by atoms with E-state index in [0.717, 1.165) is 36.6 Å². The van der Waals surface area contributed by atoms with Crippen molar-refractivity contribution in [3.05, 3.63) is 63.7 Å². The lowest BCUT2D eigenvalue weighted by atomic mass is 10.1. The quantitative estimate of drug-likeness (QED) is 0.458. The summed E-state index contributed by atoms with van der Waals surface area (Å²) in [5.41, 5.74) is 2.38. The number of benzene rings is 2. The van der Waals surface area contributed by atoms with E-state index < -0.39 is 0 Å². The summed E-state index contributed by atoms with van der Waals surface area (Å²) in [5.74, 6) is 1.46. The lowest BCUT2D eigenvalue weighted by molar-refractivity contribution is -0.670. The standard InChI is InChI=1S/C17H20N2O4/c1-22-16-8-5-13(11-17(16)23-2)9-10-18-12-14-3-6-15(7-4-14)19(20)21/h3-8,11,18H,9-10,12H2,1-2H3/p+1. The van der Waals surface area contributed by atoms with Crippen LogP contribution in [0.4, 0.5) is 5.69 Å². The van der Waals surface area contributed by atoms with Crippen LogP contribution in [-0.4, -0.2) is 25.7 Å². The van der Waals surface area contributed by atoms with Crippen molar-refractivity contribution in [1.82, 2.24) is 0 Å². The third-order valence-electron chi connectivity index (χ3n) is 3.61. The fourth-order valence-corrected chi connectivity index (χ4v) is 2.33. The number of quaternary nitrogens is 1. The molecule has 0 bridgehead atoms. The van der Waals surface area contributed by atoms with E-state index in [2.05, 4.69) is 5.32 Å². The smallest absolute Gasteiger partial charge is 0.269 e. The number of nitrogens with zero attached hydrogens (tertiary/aromatic N) is 1. The van der Waals surface area contributed by atoms with Crippen LogP contribution in [0.1, 0.15) is 11.1 Å². The van der Waals surface area contributed by atoms with Crippen molar-refractivity contribution in [2.75, 3.05) is 20.8 Å². The van der Waals surface area contributed by atoms with Gasteiger partial charge in [-0.3, -0.25) is 10.1 Å². The van der Waals surface area contributed by atoms with Crippen molar-refractivity contribution in [3.8, 4) is 11.5 Å². The fourth-order valence-electron chi connectivity index (χ4n) is 2.33. The Morgan fingerprint density at radius 2 is 1.65 bits per heavy atom. The van der Waals surface area contributed by atoms with E-state index in [4.69, 9.17) is 9.47 Å². The highest BCUT2D eigenvalue weighted by Gasteiger charge is 2.06. The third-order valence-corrected chi connectivity index (χ3v) is 3.61. The zero-order valence-electron chi connectivity index (χ0n) is 13.3. The molecule has 2 aromatic carbocycles. The molecular formula is C17H21N2O4+. The lowest BCUT2D eigenvalue weighted by Crippen LogP contribution is -2.83. The lowest BCUT2D eigenvalue weighted by Gasteiger charge is -2.09. The first-order valence-electron chi connectivity index (χ1n) is 7.40. The molecule has 6 nitrogen and oxygen atoms in total. The van der Waals surface area contributed by atoms with Gasteiger partial charge in [-0.2, -0.15) is 0 Å². The first kappa shape index (κ1) is 16.8. The molecule has 0 spiro atoms. The number of ether oxygens (including phenoxy) is 2. The van der Waals surface area contributed by atoms with Crippen LogP contribution in [-0.2, 0) is 13.0 Å².